The smallest absolute Gasteiger partial charge is 0.191 e. The minimum Gasteiger partial charge on any atom is -0.329 e. The number of rotatable bonds is 4. The number of aromatic nitrogens is 3. The van der Waals surface area contributed by atoms with E-state index in [1.165, 1.54) is 0 Å². The molecule has 0 saturated carbocycles. The monoisotopic (exact) mass is 200 g/mol. The second-order valence-electron chi connectivity index (χ2n) is 2.97. The molecule has 0 fully saturated rings. The zero-order chi connectivity index (χ0) is 9.84. The van der Waals surface area contributed by atoms with Gasteiger partial charge in [0.2, 0.25) is 0 Å². The van der Waals surface area contributed by atoms with Gasteiger partial charge in [-0.25, -0.2) is 0 Å². The first-order valence-electron chi connectivity index (χ1n) is 4.41. The molecule has 5 heteroatoms. The van der Waals surface area contributed by atoms with Gasteiger partial charge in [0.1, 0.15) is 5.82 Å². The Labute approximate surface area is 82.9 Å². The number of thioether (sulfide) groups is 1. The van der Waals surface area contributed by atoms with E-state index in [2.05, 4.69) is 17.1 Å². The fraction of sp³-hybridized carbons (Fsp3) is 0.750. The molecule has 0 bridgehead atoms. The molecule has 0 radical (unpaired) electrons. The molecule has 1 unspecified atom stereocenters. The summed E-state index contributed by atoms with van der Waals surface area (Å²) in [6.45, 7) is 4.77. The highest BCUT2D eigenvalue weighted by atomic mass is 32.2. The summed E-state index contributed by atoms with van der Waals surface area (Å²) in [5, 5.41) is 9.46. The van der Waals surface area contributed by atoms with Crippen molar-refractivity contribution in [2.75, 3.05) is 6.54 Å². The van der Waals surface area contributed by atoms with Gasteiger partial charge < -0.3 is 10.3 Å². The quantitative estimate of drug-likeness (QED) is 0.735. The van der Waals surface area contributed by atoms with E-state index < -0.39 is 0 Å². The molecule has 1 aromatic heterocycles. The third kappa shape index (κ3) is 2.45. The van der Waals surface area contributed by atoms with Crippen LogP contribution in [-0.4, -0.2) is 26.6 Å². The molecule has 74 valence electrons. The van der Waals surface area contributed by atoms with Crippen LogP contribution in [0, 0.1) is 6.92 Å². The van der Waals surface area contributed by atoms with E-state index in [0.717, 1.165) is 17.4 Å². The van der Waals surface area contributed by atoms with Crippen LogP contribution in [0.1, 0.15) is 19.2 Å². The van der Waals surface area contributed by atoms with Crippen LogP contribution < -0.4 is 5.73 Å². The van der Waals surface area contributed by atoms with Crippen LogP contribution in [0.3, 0.4) is 0 Å². The van der Waals surface area contributed by atoms with Gasteiger partial charge in [-0.05, 0) is 13.3 Å². The topological polar surface area (TPSA) is 56.7 Å². The summed E-state index contributed by atoms with van der Waals surface area (Å²) in [6.07, 6.45) is 1.06. The Morgan fingerprint density at radius 2 is 2.23 bits per heavy atom. The molecule has 4 nitrogen and oxygen atoms in total. The molecule has 0 amide bonds. The molecule has 13 heavy (non-hydrogen) atoms. The summed E-state index contributed by atoms with van der Waals surface area (Å²) < 4.78 is 1.99. The molecule has 0 spiro atoms. The summed E-state index contributed by atoms with van der Waals surface area (Å²) in [7, 11) is 1.97. The molecular formula is C8H16N4S. The van der Waals surface area contributed by atoms with E-state index in [0.29, 0.717) is 11.8 Å². The molecule has 0 saturated heterocycles. The lowest BCUT2D eigenvalue weighted by molar-refractivity contribution is 0.752. The summed E-state index contributed by atoms with van der Waals surface area (Å²) >= 11 is 1.70. The largest absolute Gasteiger partial charge is 0.329 e. The SMILES string of the molecule is CCC(CN)Sc1nnc(C)n1C. The number of nitrogens with two attached hydrogens (primary N) is 1. The van der Waals surface area contributed by atoms with Crippen molar-refractivity contribution in [3.63, 3.8) is 0 Å². The van der Waals surface area contributed by atoms with Gasteiger partial charge >= 0.3 is 0 Å². The first kappa shape index (κ1) is 10.5. The lowest BCUT2D eigenvalue weighted by Gasteiger charge is -2.10. The van der Waals surface area contributed by atoms with Crippen LogP contribution in [0.2, 0.25) is 0 Å². The molecule has 1 rings (SSSR count). The van der Waals surface area contributed by atoms with Crippen molar-refractivity contribution >= 4 is 11.8 Å². The van der Waals surface area contributed by atoms with Gasteiger partial charge in [0.25, 0.3) is 0 Å². The van der Waals surface area contributed by atoms with Gasteiger partial charge in [-0.15, -0.1) is 10.2 Å². The summed E-state index contributed by atoms with van der Waals surface area (Å²) in [4.78, 5) is 0. The van der Waals surface area contributed by atoms with Gasteiger partial charge in [0.05, 0.1) is 0 Å². The minimum absolute atomic E-state index is 0.447. The summed E-state index contributed by atoms with van der Waals surface area (Å²) in [5.74, 6) is 0.939. The number of hydrogen-bond donors (Lipinski definition) is 1. The highest BCUT2D eigenvalue weighted by Crippen LogP contribution is 2.22. The van der Waals surface area contributed by atoms with Gasteiger partial charge in [-0.3, -0.25) is 0 Å². The molecular weight excluding hydrogens is 184 g/mol. The van der Waals surface area contributed by atoms with Crippen LogP contribution >= 0.6 is 11.8 Å². The molecule has 0 aliphatic heterocycles. The van der Waals surface area contributed by atoms with Crippen molar-refractivity contribution in [1.29, 1.82) is 0 Å². The maximum Gasteiger partial charge on any atom is 0.191 e. The molecule has 1 aromatic rings. The molecule has 0 aromatic carbocycles. The van der Waals surface area contributed by atoms with E-state index >= 15 is 0 Å². The molecule has 0 aliphatic rings. The lowest BCUT2D eigenvalue weighted by Crippen LogP contribution is -2.16. The Balaban J connectivity index is 2.67. The Bertz CT molecular complexity index is 267. The second kappa shape index (κ2) is 4.62. The van der Waals surface area contributed by atoms with Crippen LogP contribution in [0.4, 0.5) is 0 Å². The third-order valence-electron chi connectivity index (χ3n) is 2.04. The van der Waals surface area contributed by atoms with Gasteiger partial charge in [0, 0.05) is 18.8 Å². The average Bonchev–Trinajstić information content (AvgIpc) is 2.45. The fourth-order valence-electron chi connectivity index (χ4n) is 0.938. The maximum atomic E-state index is 5.61. The zero-order valence-corrected chi connectivity index (χ0v) is 9.14. The van der Waals surface area contributed by atoms with Crippen molar-refractivity contribution in [3.05, 3.63) is 5.82 Å². The molecule has 1 atom stereocenters. The van der Waals surface area contributed by atoms with E-state index in [9.17, 15) is 0 Å². The third-order valence-corrected chi connectivity index (χ3v) is 3.47. The molecule has 0 aliphatic carbocycles. The first-order chi connectivity index (χ1) is 6.19. The second-order valence-corrected chi connectivity index (χ2v) is 4.24. The van der Waals surface area contributed by atoms with Gasteiger partial charge in [-0.1, -0.05) is 18.7 Å². The standard InChI is InChI=1S/C8H16N4S/c1-4-7(5-9)13-8-11-10-6(2)12(8)3/h7H,4-5,9H2,1-3H3. The number of aryl methyl sites for hydroxylation is 1. The van der Waals surface area contributed by atoms with Gasteiger partial charge in [-0.2, -0.15) is 0 Å². The average molecular weight is 200 g/mol. The fourth-order valence-corrected chi connectivity index (χ4v) is 1.88. The predicted octanol–water partition coefficient (Wildman–Crippen LogP) is 0.953. The molecule has 1 heterocycles. The first-order valence-corrected chi connectivity index (χ1v) is 5.29. The van der Waals surface area contributed by atoms with E-state index in [1.807, 2.05) is 18.5 Å². The van der Waals surface area contributed by atoms with Crippen LogP contribution in [0.5, 0.6) is 0 Å². The van der Waals surface area contributed by atoms with Crippen molar-refractivity contribution in [2.45, 2.75) is 30.7 Å². The molecule has 2 N–H and O–H groups in total. The van der Waals surface area contributed by atoms with Crippen molar-refractivity contribution in [3.8, 4) is 0 Å². The highest BCUT2D eigenvalue weighted by molar-refractivity contribution is 7.99. The van der Waals surface area contributed by atoms with Crippen molar-refractivity contribution in [1.82, 2.24) is 14.8 Å². The minimum atomic E-state index is 0.447. The predicted molar refractivity (Wildman–Crippen MR) is 54.7 cm³/mol. The van der Waals surface area contributed by atoms with E-state index in [4.69, 9.17) is 5.73 Å². The summed E-state index contributed by atoms with van der Waals surface area (Å²) in [5.41, 5.74) is 5.61. The van der Waals surface area contributed by atoms with E-state index in [-0.39, 0.29) is 0 Å². The zero-order valence-electron chi connectivity index (χ0n) is 8.32. The Morgan fingerprint density at radius 3 is 2.62 bits per heavy atom. The van der Waals surface area contributed by atoms with Crippen molar-refractivity contribution in [2.24, 2.45) is 12.8 Å². The van der Waals surface area contributed by atoms with E-state index in [1.54, 1.807) is 11.8 Å². The highest BCUT2D eigenvalue weighted by Gasteiger charge is 2.11. The Kier molecular flexibility index (Phi) is 3.74. The Hall–Kier alpha value is -0.550. The lowest BCUT2D eigenvalue weighted by atomic mass is 10.3. The summed E-state index contributed by atoms with van der Waals surface area (Å²) in [6, 6.07) is 0. The maximum absolute atomic E-state index is 5.61. The Morgan fingerprint density at radius 1 is 1.54 bits per heavy atom. The number of hydrogen-bond acceptors (Lipinski definition) is 4. The van der Waals surface area contributed by atoms with Crippen molar-refractivity contribution < 1.29 is 0 Å². The van der Waals surface area contributed by atoms with Crippen LogP contribution in [-0.2, 0) is 7.05 Å². The normalized spacial score (nSPS) is 13.2. The van der Waals surface area contributed by atoms with Gasteiger partial charge in [0.15, 0.2) is 5.16 Å². The van der Waals surface area contributed by atoms with Crippen LogP contribution in [0.15, 0.2) is 5.16 Å². The van der Waals surface area contributed by atoms with Crippen LogP contribution in [0.25, 0.3) is 0 Å². The number of nitrogens with zero attached hydrogens (tertiary/aromatic N) is 3.